The zero-order valence-corrected chi connectivity index (χ0v) is 11.9. The predicted octanol–water partition coefficient (Wildman–Crippen LogP) is 3.86. The molecule has 102 valence electrons. The Morgan fingerprint density at radius 2 is 2.21 bits per heavy atom. The van der Waals surface area contributed by atoms with Crippen molar-refractivity contribution < 1.29 is 4.74 Å². The summed E-state index contributed by atoms with van der Waals surface area (Å²) in [4.78, 5) is 0. The van der Waals surface area contributed by atoms with E-state index >= 15 is 0 Å². The SMILES string of the molecule is Clc1cc2c(c(CNCCC3=CCCC3)c1)OCC2. The van der Waals surface area contributed by atoms with Crippen molar-refractivity contribution >= 4 is 11.6 Å². The van der Waals surface area contributed by atoms with E-state index in [9.17, 15) is 0 Å². The van der Waals surface area contributed by atoms with E-state index in [4.69, 9.17) is 16.3 Å². The molecule has 1 aliphatic heterocycles. The lowest BCUT2D eigenvalue weighted by Crippen LogP contribution is -2.15. The summed E-state index contributed by atoms with van der Waals surface area (Å²) in [5.74, 6) is 1.05. The maximum absolute atomic E-state index is 6.15. The number of rotatable bonds is 5. The number of nitrogens with one attached hydrogen (secondary N) is 1. The Morgan fingerprint density at radius 3 is 3.05 bits per heavy atom. The molecule has 2 nitrogen and oxygen atoms in total. The van der Waals surface area contributed by atoms with Crippen LogP contribution in [-0.4, -0.2) is 13.2 Å². The van der Waals surface area contributed by atoms with Crippen LogP contribution in [0.25, 0.3) is 0 Å². The van der Waals surface area contributed by atoms with Crippen LogP contribution in [0.1, 0.15) is 36.8 Å². The molecule has 0 saturated carbocycles. The Balaban J connectivity index is 1.55. The number of benzene rings is 1. The van der Waals surface area contributed by atoms with Crippen molar-refractivity contribution in [3.63, 3.8) is 0 Å². The van der Waals surface area contributed by atoms with E-state index in [0.717, 1.165) is 36.9 Å². The van der Waals surface area contributed by atoms with Crippen molar-refractivity contribution in [1.82, 2.24) is 5.32 Å². The summed E-state index contributed by atoms with van der Waals surface area (Å²) >= 11 is 6.15. The van der Waals surface area contributed by atoms with Crippen molar-refractivity contribution in [2.24, 2.45) is 0 Å². The molecule has 3 rings (SSSR count). The standard InChI is InChI=1S/C16H20ClNO/c17-15-9-13-6-8-19-16(13)14(10-15)11-18-7-5-12-3-1-2-4-12/h3,9-10,18H,1-2,4-8,11H2. The Kier molecular flexibility index (Phi) is 4.09. The normalized spacial score (nSPS) is 17.2. The highest BCUT2D eigenvalue weighted by atomic mass is 35.5. The fraction of sp³-hybridized carbons (Fsp3) is 0.500. The van der Waals surface area contributed by atoms with Crippen LogP contribution in [0.5, 0.6) is 5.75 Å². The fourth-order valence-corrected chi connectivity index (χ4v) is 3.18. The van der Waals surface area contributed by atoms with E-state index in [1.54, 1.807) is 5.57 Å². The van der Waals surface area contributed by atoms with Crippen LogP contribution in [0.4, 0.5) is 0 Å². The number of fused-ring (bicyclic) bond motifs is 1. The molecule has 19 heavy (non-hydrogen) atoms. The lowest BCUT2D eigenvalue weighted by molar-refractivity contribution is 0.352. The minimum absolute atomic E-state index is 0.787. The maximum atomic E-state index is 6.15. The van der Waals surface area contributed by atoms with Gasteiger partial charge in [0.15, 0.2) is 0 Å². The van der Waals surface area contributed by atoms with Gasteiger partial charge in [0.2, 0.25) is 0 Å². The zero-order valence-electron chi connectivity index (χ0n) is 11.2. The molecule has 1 heterocycles. The molecule has 3 heteroatoms. The molecular weight excluding hydrogens is 258 g/mol. The van der Waals surface area contributed by atoms with Crippen molar-refractivity contribution in [3.8, 4) is 5.75 Å². The lowest BCUT2D eigenvalue weighted by Gasteiger charge is -2.10. The first-order valence-corrected chi connectivity index (χ1v) is 7.53. The van der Waals surface area contributed by atoms with Gasteiger partial charge in [-0.05, 0) is 49.9 Å². The molecule has 0 fully saturated rings. The fourth-order valence-electron chi connectivity index (χ4n) is 2.91. The van der Waals surface area contributed by atoms with E-state index in [1.165, 1.54) is 36.8 Å². The number of ether oxygens (including phenoxy) is 1. The van der Waals surface area contributed by atoms with Gasteiger partial charge < -0.3 is 10.1 Å². The summed E-state index contributed by atoms with van der Waals surface area (Å²) in [5, 5.41) is 4.33. The third kappa shape index (κ3) is 3.13. The first-order chi connectivity index (χ1) is 9.33. The van der Waals surface area contributed by atoms with E-state index in [1.807, 2.05) is 12.1 Å². The first-order valence-electron chi connectivity index (χ1n) is 7.15. The molecule has 0 atom stereocenters. The molecule has 1 N–H and O–H groups in total. The largest absolute Gasteiger partial charge is 0.493 e. The van der Waals surface area contributed by atoms with Gasteiger partial charge >= 0.3 is 0 Å². The van der Waals surface area contributed by atoms with Crippen molar-refractivity contribution in [2.45, 2.75) is 38.6 Å². The second-order valence-electron chi connectivity index (χ2n) is 5.33. The molecule has 1 aromatic carbocycles. The summed E-state index contributed by atoms with van der Waals surface area (Å²) < 4.78 is 5.71. The average Bonchev–Trinajstić information content (AvgIpc) is 3.04. The van der Waals surface area contributed by atoms with Crippen molar-refractivity contribution in [2.75, 3.05) is 13.2 Å². The molecular formula is C16H20ClNO. The molecule has 0 aromatic heterocycles. The van der Waals surface area contributed by atoms with Gasteiger partial charge in [-0.15, -0.1) is 0 Å². The van der Waals surface area contributed by atoms with Crippen LogP contribution >= 0.6 is 11.6 Å². The molecule has 1 aliphatic carbocycles. The van der Waals surface area contributed by atoms with Gasteiger partial charge in [-0.1, -0.05) is 23.3 Å². The Labute approximate surface area is 119 Å². The van der Waals surface area contributed by atoms with E-state index < -0.39 is 0 Å². The quantitative estimate of drug-likeness (QED) is 0.652. The predicted molar refractivity (Wildman–Crippen MR) is 78.9 cm³/mol. The van der Waals surface area contributed by atoms with Crippen molar-refractivity contribution in [1.29, 1.82) is 0 Å². The number of hydrogen-bond acceptors (Lipinski definition) is 2. The highest BCUT2D eigenvalue weighted by Gasteiger charge is 2.17. The monoisotopic (exact) mass is 277 g/mol. The molecule has 1 aromatic rings. The Hall–Kier alpha value is -0.990. The lowest BCUT2D eigenvalue weighted by atomic mass is 10.1. The summed E-state index contributed by atoms with van der Waals surface area (Å²) in [6.45, 7) is 2.67. The summed E-state index contributed by atoms with van der Waals surface area (Å²) in [7, 11) is 0. The Bertz CT molecular complexity index is 496. The van der Waals surface area contributed by atoms with Gasteiger partial charge in [0.1, 0.15) is 5.75 Å². The molecule has 2 aliphatic rings. The highest BCUT2D eigenvalue weighted by Crippen LogP contribution is 2.32. The third-order valence-electron chi connectivity index (χ3n) is 3.90. The zero-order chi connectivity index (χ0) is 13.1. The van der Waals surface area contributed by atoms with Gasteiger partial charge in [-0.2, -0.15) is 0 Å². The minimum atomic E-state index is 0.787. The second kappa shape index (κ2) is 5.98. The van der Waals surface area contributed by atoms with Crippen LogP contribution in [0.2, 0.25) is 5.02 Å². The molecule has 0 saturated heterocycles. The van der Waals surface area contributed by atoms with E-state index in [2.05, 4.69) is 11.4 Å². The summed E-state index contributed by atoms with van der Waals surface area (Å²) in [6.07, 6.45) is 8.44. The third-order valence-corrected chi connectivity index (χ3v) is 4.12. The molecule has 0 spiro atoms. The molecule has 0 bridgehead atoms. The van der Waals surface area contributed by atoms with Crippen LogP contribution in [0.15, 0.2) is 23.8 Å². The number of halogens is 1. The molecule has 0 unspecified atom stereocenters. The second-order valence-corrected chi connectivity index (χ2v) is 5.77. The van der Waals surface area contributed by atoms with Gasteiger partial charge in [0.25, 0.3) is 0 Å². The minimum Gasteiger partial charge on any atom is -0.493 e. The summed E-state index contributed by atoms with van der Waals surface area (Å²) in [6, 6.07) is 4.05. The van der Waals surface area contributed by atoms with Gasteiger partial charge in [0.05, 0.1) is 6.61 Å². The van der Waals surface area contributed by atoms with Gasteiger partial charge in [-0.25, -0.2) is 0 Å². The smallest absolute Gasteiger partial charge is 0.127 e. The van der Waals surface area contributed by atoms with E-state index in [-0.39, 0.29) is 0 Å². The number of hydrogen-bond donors (Lipinski definition) is 1. The van der Waals surface area contributed by atoms with Crippen LogP contribution in [0.3, 0.4) is 0 Å². The Morgan fingerprint density at radius 1 is 1.26 bits per heavy atom. The molecule has 0 radical (unpaired) electrons. The average molecular weight is 278 g/mol. The first kappa shape index (κ1) is 13.0. The van der Waals surface area contributed by atoms with E-state index in [0.29, 0.717) is 0 Å². The van der Waals surface area contributed by atoms with Gasteiger partial charge in [0, 0.05) is 23.6 Å². The van der Waals surface area contributed by atoms with Crippen LogP contribution in [0, 0.1) is 0 Å². The van der Waals surface area contributed by atoms with Crippen LogP contribution < -0.4 is 10.1 Å². The van der Waals surface area contributed by atoms with Crippen molar-refractivity contribution in [3.05, 3.63) is 39.9 Å². The number of allylic oxidation sites excluding steroid dienone is 1. The topological polar surface area (TPSA) is 21.3 Å². The van der Waals surface area contributed by atoms with Crippen LogP contribution in [-0.2, 0) is 13.0 Å². The highest BCUT2D eigenvalue weighted by molar-refractivity contribution is 6.30. The molecule has 0 amide bonds. The van der Waals surface area contributed by atoms with Gasteiger partial charge in [-0.3, -0.25) is 0 Å². The maximum Gasteiger partial charge on any atom is 0.127 e. The summed E-state index contributed by atoms with van der Waals surface area (Å²) in [5.41, 5.74) is 4.06.